The Labute approximate surface area is 121 Å². The van der Waals surface area contributed by atoms with Crippen LogP contribution in [0.15, 0.2) is 35.7 Å². The van der Waals surface area contributed by atoms with E-state index in [1.807, 2.05) is 17.5 Å². The average Bonchev–Trinajstić information content (AvgIpc) is 2.98. The van der Waals surface area contributed by atoms with Crippen molar-refractivity contribution in [2.75, 3.05) is 7.11 Å². The zero-order chi connectivity index (χ0) is 14.5. The molecule has 1 aromatic carbocycles. The van der Waals surface area contributed by atoms with E-state index in [2.05, 4.69) is 18.3 Å². The van der Waals surface area contributed by atoms with Crippen LogP contribution in [0.1, 0.15) is 23.4 Å². The Morgan fingerprint density at radius 2 is 2.25 bits per heavy atom. The van der Waals surface area contributed by atoms with E-state index < -0.39 is 4.92 Å². The molecule has 5 nitrogen and oxygen atoms in total. The molecule has 0 amide bonds. The van der Waals surface area contributed by atoms with E-state index in [1.54, 1.807) is 23.5 Å². The van der Waals surface area contributed by atoms with Crippen LogP contribution in [-0.4, -0.2) is 12.0 Å². The van der Waals surface area contributed by atoms with Gasteiger partial charge in [-0.25, -0.2) is 0 Å². The third kappa shape index (κ3) is 3.34. The fraction of sp³-hybridized carbons (Fsp3) is 0.286. The number of nitrogens with one attached hydrogen (secondary N) is 1. The fourth-order valence-electron chi connectivity index (χ4n) is 1.90. The molecule has 2 aromatic rings. The topological polar surface area (TPSA) is 64.4 Å². The summed E-state index contributed by atoms with van der Waals surface area (Å²) in [5.41, 5.74) is 0.858. The Bertz CT molecular complexity index is 584. The fourth-order valence-corrected chi connectivity index (χ4v) is 2.66. The van der Waals surface area contributed by atoms with Crippen LogP contribution in [0.25, 0.3) is 0 Å². The second-order valence-electron chi connectivity index (χ2n) is 4.38. The van der Waals surface area contributed by atoms with Crippen molar-refractivity contribution >= 4 is 17.0 Å². The van der Waals surface area contributed by atoms with E-state index in [4.69, 9.17) is 4.74 Å². The molecule has 0 aliphatic carbocycles. The minimum atomic E-state index is -0.426. The van der Waals surface area contributed by atoms with E-state index in [9.17, 15) is 10.1 Å². The Morgan fingerprint density at radius 3 is 2.85 bits per heavy atom. The summed E-state index contributed by atoms with van der Waals surface area (Å²) in [6.45, 7) is 2.65. The van der Waals surface area contributed by atoms with E-state index in [0.717, 1.165) is 5.56 Å². The molecule has 1 aromatic heterocycles. The molecule has 0 unspecified atom stereocenters. The summed E-state index contributed by atoms with van der Waals surface area (Å²) in [5, 5.41) is 16.3. The van der Waals surface area contributed by atoms with Crippen LogP contribution in [-0.2, 0) is 6.54 Å². The highest BCUT2D eigenvalue weighted by molar-refractivity contribution is 7.10. The number of nitro groups is 1. The molecule has 0 saturated carbocycles. The second-order valence-corrected chi connectivity index (χ2v) is 5.36. The molecule has 0 saturated heterocycles. The summed E-state index contributed by atoms with van der Waals surface area (Å²) in [5.74, 6) is 0.282. The van der Waals surface area contributed by atoms with Gasteiger partial charge >= 0.3 is 5.69 Å². The van der Waals surface area contributed by atoms with Gasteiger partial charge in [-0.05, 0) is 30.0 Å². The van der Waals surface area contributed by atoms with Crippen LogP contribution in [0.2, 0.25) is 0 Å². The van der Waals surface area contributed by atoms with Crippen molar-refractivity contribution in [3.63, 3.8) is 0 Å². The second kappa shape index (κ2) is 6.49. The van der Waals surface area contributed by atoms with Gasteiger partial charge in [0.1, 0.15) is 0 Å². The highest BCUT2D eigenvalue weighted by Gasteiger charge is 2.15. The van der Waals surface area contributed by atoms with Gasteiger partial charge in [-0.1, -0.05) is 12.1 Å². The number of ether oxygens (including phenoxy) is 1. The molecule has 0 bridgehead atoms. The van der Waals surface area contributed by atoms with Crippen molar-refractivity contribution in [2.24, 2.45) is 0 Å². The lowest BCUT2D eigenvalue weighted by molar-refractivity contribution is -0.385. The number of hydrogen-bond donors (Lipinski definition) is 1. The Kier molecular flexibility index (Phi) is 4.70. The summed E-state index contributed by atoms with van der Waals surface area (Å²) in [7, 11) is 1.43. The summed E-state index contributed by atoms with van der Waals surface area (Å²) in [6.07, 6.45) is 0. The first-order valence-corrected chi connectivity index (χ1v) is 7.08. The summed E-state index contributed by atoms with van der Waals surface area (Å²) >= 11 is 1.69. The Morgan fingerprint density at radius 1 is 1.45 bits per heavy atom. The van der Waals surface area contributed by atoms with Gasteiger partial charge in [-0.2, -0.15) is 0 Å². The third-order valence-electron chi connectivity index (χ3n) is 3.02. The third-order valence-corrected chi connectivity index (χ3v) is 4.08. The van der Waals surface area contributed by atoms with Crippen LogP contribution < -0.4 is 10.1 Å². The number of methoxy groups -OCH3 is 1. The molecule has 6 heteroatoms. The number of thiophene rings is 1. The van der Waals surface area contributed by atoms with Crippen LogP contribution in [0.5, 0.6) is 5.75 Å². The van der Waals surface area contributed by atoms with Crippen molar-refractivity contribution in [3.8, 4) is 5.75 Å². The standard InChI is InChI=1S/C14H16N2O3S/c1-10(14-4-3-7-20-14)15-9-11-5-6-13(19-2)12(8-11)16(17)18/h3-8,10,15H,9H2,1-2H3/t10-/m1/s1. The zero-order valence-electron chi connectivity index (χ0n) is 11.3. The first-order valence-electron chi connectivity index (χ1n) is 6.20. The normalized spacial score (nSPS) is 12.1. The summed E-state index contributed by atoms with van der Waals surface area (Å²) < 4.78 is 4.99. The molecule has 0 spiro atoms. The van der Waals surface area contributed by atoms with Crippen LogP contribution in [0.4, 0.5) is 5.69 Å². The molecular weight excluding hydrogens is 276 g/mol. The van der Waals surface area contributed by atoms with Crippen molar-refractivity contribution < 1.29 is 9.66 Å². The van der Waals surface area contributed by atoms with Crippen molar-refractivity contribution in [3.05, 3.63) is 56.3 Å². The number of nitro benzene ring substituents is 1. The lowest BCUT2D eigenvalue weighted by atomic mass is 10.1. The van der Waals surface area contributed by atoms with E-state index in [-0.39, 0.29) is 17.5 Å². The lowest BCUT2D eigenvalue weighted by Crippen LogP contribution is -2.17. The van der Waals surface area contributed by atoms with E-state index in [0.29, 0.717) is 6.54 Å². The largest absolute Gasteiger partial charge is 0.490 e. The number of rotatable bonds is 6. The minimum absolute atomic E-state index is 0.00410. The van der Waals surface area contributed by atoms with Gasteiger partial charge in [-0.3, -0.25) is 10.1 Å². The monoisotopic (exact) mass is 292 g/mol. The van der Waals surface area contributed by atoms with Crippen LogP contribution in [0, 0.1) is 10.1 Å². The molecule has 0 radical (unpaired) electrons. The summed E-state index contributed by atoms with van der Waals surface area (Å²) in [6, 6.07) is 9.31. The van der Waals surface area contributed by atoms with Crippen LogP contribution in [0.3, 0.4) is 0 Å². The number of nitrogens with zero attached hydrogens (tertiary/aromatic N) is 1. The highest BCUT2D eigenvalue weighted by atomic mass is 32.1. The molecule has 106 valence electrons. The molecule has 1 atom stereocenters. The molecule has 1 N–H and O–H groups in total. The highest BCUT2D eigenvalue weighted by Crippen LogP contribution is 2.27. The lowest BCUT2D eigenvalue weighted by Gasteiger charge is -2.12. The first kappa shape index (κ1) is 14.5. The molecular formula is C14H16N2O3S. The maximum atomic E-state index is 11.0. The summed E-state index contributed by atoms with van der Waals surface area (Å²) in [4.78, 5) is 11.8. The van der Waals surface area contributed by atoms with Gasteiger partial charge in [-0.15, -0.1) is 11.3 Å². The minimum Gasteiger partial charge on any atom is -0.490 e. The van der Waals surface area contributed by atoms with Crippen molar-refractivity contribution in [1.29, 1.82) is 0 Å². The van der Waals surface area contributed by atoms with Gasteiger partial charge in [0, 0.05) is 23.5 Å². The predicted octanol–water partition coefficient (Wildman–Crippen LogP) is 3.52. The van der Waals surface area contributed by atoms with Gasteiger partial charge in [0.25, 0.3) is 0 Å². The maximum Gasteiger partial charge on any atom is 0.311 e. The Balaban J connectivity index is 2.06. The molecule has 2 rings (SSSR count). The van der Waals surface area contributed by atoms with E-state index in [1.165, 1.54) is 12.0 Å². The zero-order valence-corrected chi connectivity index (χ0v) is 12.1. The van der Waals surface area contributed by atoms with Gasteiger partial charge in [0.05, 0.1) is 12.0 Å². The molecule has 20 heavy (non-hydrogen) atoms. The smallest absolute Gasteiger partial charge is 0.311 e. The molecule has 1 heterocycles. The molecule has 0 aliphatic heterocycles. The van der Waals surface area contributed by atoms with Crippen molar-refractivity contribution in [1.82, 2.24) is 5.32 Å². The van der Waals surface area contributed by atoms with Crippen LogP contribution >= 0.6 is 11.3 Å². The van der Waals surface area contributed by atoms with Gasteiger partial charge in [0.15, 0.2) is 5.75 Å². The number of hydrogen-bond acceptors (Lipinski definition) is 5. The average molecular weight is 292 g/mol. The maximum absolute atomic E-state index is 11.0. The first-order chi connectivity index (χ1) is 9.61. The van der Waals surface area contributed by atoms with E-state index >= 15 is 0 Å². The Hall–Kier alpha value is -1.92. The molecule has 0 fully saturated rings. The van der Waals surface area contributed by atoms with Gasteiger partial charge < -0.3 is 10.1 Å². The molecule has 0 aliphatic rings. The number of benzene rings is 1. The SMILES string of the molecule is COc1ccc(CN[C@H](C)c2cccs2)cc1[N+](=O)[O-]. The van der Waals surface area contributed by atoms with Crippen molar-refractivity contribution in [2.45, 2.75) is 19.5 Å². The predicted molar refractivity (Wildman–Crippen MR) is 79.2 cm³/mol. The quantitative estimate of drug-likeness (QED) is 0.653. The van der Waals surface area contributed by atoms with Gasteiger partial charge in [0.2, 0.25) is 0 Å².